The maximum atomic E-state index is 13.2. The first kappa shape index (κ1) is 47.5. The topological polar surface area (TPSA) is 174 Å². The Hall–Kier alpha value is -5.02. The van der Waals surface area contributed by atoms with Crippen molar-refractivity contribution >= 4 is 35.2 Å². The van der Waals surface area contributed by atoms with Crippen LogP contribution in [0.3, 0.4) is 0 Å². The first-order chi connectivity index (χ1) is 30.4. The molecule has 3 aliphatic heterocycles. The predicted molar refractivity (Wildman–Crippen MR) is 246 cm³/mol. The third-order valence-corrected chi connectivity index (χ3v) is 12.4. The van der Waals surface area contributed by atoms with Gasteiger partial charge in [0.1, 0.15) is 5.82 Å². The minimum atomic E-state index is -0.815. The van der Waals surface area contributed by atoms with E-state index in [4.69, 9.17) is 14.8 Å². The lowest BCUT2D eigenvalue weighted by molar-refractivity contribution is -0.137. The van der Waals surface area contributed by atoms with E-state index in [0.717, 1.165) is 91.6 Å². The summed E-state index contributed by atoms with van der Waals surface area (Å²) in [7, 11) is 0. The summed E-state index contributed by atoms with van der Waals surface area (Å²) in [5.74, 6) is 0.878. The fourth-order valence-electron chi connectivity index (χ4n) is 9.01. The molecule has 0 spiro atoms. The number of carboxylic acid groups (broad SMARTS) is 1. The van der Waals surface area contributed by atoms with Gasteiger partial charge in [0.15, 0.2) is 0 Å². The molecule has 3 amide bonds. The quantitative estimate of drug-likeness (QED) is 0.0917. The molecular weight excluding hydrogens is 799 g/mol. The Morgan fingerprint density at radius 3 is 2.41 bits per heavy atom. The van der Waals surface area contributed by atoms with E-state index < -0.39 is 5.97 Å². The van der Waals surface area contributed by atoms with Crippen LogP contribution in [0.5, 0.6) is 0 Å². The van der Waals surface area contributed by atoms with Crippen LogP contribution in [-0.2, 0) is 36.8 Å². The Labute approximate surface area is 373 Å². The molecular formula is C48H71N9O6. The van der Waals surface area contributed by atoms with E-state index in [0.29, 0.717) is 96.5 Å². The van der Waals surface area contributed by atoms with Crippen molar-refractivity contribution in [2.45, 2.75) is 104 Å². The van der Waals surface area contributed by atoms with Gasteiger partial charge in [0, 0.05) is 108 Å². The maximum Gasteiger partial charge on any atom is 0.304 e. The molecule has 3 aliphatic rings. The molecule has 2 fully saturated rings. The van der Waals surface area contributed by atoms with Gasteiger partial charge < -0.3 is 40.5 Å². The maximum absolute atomic E-state index is 13.2. The lowest BCUT2D eigenvalue weighted by atomic mass is 9.93. The Balaban J connectivity index is 0.989. The molecule has 3 aromatic rings. The fraction of sp³-hybridized carbons (Fsp3) is 0.625. The van der Waals surface area contributed by atoms with Crippen LogP contribution in [0.1, 0.15) is 106 Å². The van der Waals surface area contributed by atoms with Crippen LogP contribution in [0.4, 0.5) is 11.5 Å². The summed E-state index contributed by atoms with van der Waals surface area (Å²) in [5, 5.41) is 24.2. The van der Waals surface area contributed by atoms with Gasteiger partial charge in [0.05, 0.1) is 24.4 Å². The van der Waals surface area contributed by atoms with Crippen LogP contribution in [-0.4, -0.2) is 132 Å². The van der Waals surface area contributed by atoms with Crippen LogP contribution in [0.15, 0.2) is 36.4 Å². The second kappa shape index (κ2) is 23.6. The molecule has 2 atom stereocenters. The molecule has 15 heteroatoms. The number of ether oxygens (including phenoxy) is 1. The molecule has 0 aliphatic carbocycles. The van der Waals surface area contributed by atoms with Crippen molar-refractivity contribution in [3.63, 3.8) is 0 Å². The Morgan fingerprint density at radius 2 is 1.68 bits per heavy atom. The molecule has 4 N–H and O–H groups in total. The van der Waals surface area contributed by atoms with Crippen molar-refractivity contribution in [3.05, 3.63) is 64.6 Å². The van der Waals surface area contributed by atoms with Gasteiger partial charge >= 0.3 is 5.97 Å². The number of benzene rings is 1. The number of hydrogen-bond donors (Lipinski definition) is 4. The summed E-state index contributed by atoms with van der Waals surface area (Å²) < 4.78 is 7.40. The summed E-state index contributed by atoms with van der Waals surface area (Å²) in [6.07, 6.45) is 7.36. The molecule has 15 nitrogen and oxygen atoms in total. The normalized spacial score (nSPS) is 17.1. The number of piperazine rings is 1. The number of carbonyl (C=O) groups excluding carboxylic acids is 3. The fourth-order valence-corrected chi connectivity index (χ4v) is 9.01. The van der Waals surface area contributed by atoms with Crippen LogP contribution in [0.2, 0.25) is 0 Å². The molecule has 2 aromatic heterocycles. The molecule has 0 radical (unpaired) electrons. The summed E-state index contributed by atoms with van der Waals surface area (Å²) in [4.78, 5) is 61.6. The molecule has 1 aromatic carbocycles. The van der Waals surface area contributed by atoms with Gasteiger partial charge in [-0.25, -0.2) is 9.67 Å². The number of rotatable bonds is 23. The Kier molecular flexibility index (Phi) is 17.8. The first-order valence-electron chi connectivity index (χ1n) is 23.4. The lowest BCUT2D eigenvalue weighted by Crippen LogP contribution is -2.48. The van der Waals surface area contributed by atoms with E-state index in [1.807, 2.05) is 29.5 Å². The van der Waals surface area contributed by atoms with E-state index >= 15 is 0 Å². The second-order valence-corrected chi connectivity index (χ2v) is 18.2. The molecule has 0 unspecified atom stereocenters. The molecule has 5 heterocycles. The zero-order valence-corrected chi connectivity index (χ0v) is 38.1. The summed E-state index contributed by atoms with van der Waals surface area (Å²) >= 11 is 0. The third kappa shape index (κ3) is 14.8. The number of carboxylic acids is 1. The highest BCUT2D eigenvalue weighted by molar-refractivity contribution is 5.79. The highest BCUT2D eigenvalue weighted by atomic mass is 16.5. The highest BCUT2D eigenvalue weighted by Crippen LogP contribution is 2.33. The minimum absolute atomic E-state index is 0.0285. The average Bonchev–Trinajstić information content (AvgIpc) is 3.87. The zero-order chi connectivity index (χ0) is 44.7. The van der Waals surface area contributed by atoms with Gasteiger partial charge in [-0.2, -0.15) is 5.10 Å². The molecule has 0 bridgehead atoms. The number of fused-ring (bicyclic) bond motifs is 1. The number of carbonyl (C=O) groups is 4. The molecule has 63 heavy (non-hydrogen) atoms. The number of anilines is 2. The van der Waals surface area contributed by atoms with Crippen molar-refractivity contribution < 1.29 is 29.0 Å². The van der Waals surface area contributed by atoms with Gasteiger partial charge in [-0.15, -0.1) is 0 Å². The first-order valence-corrected chi connectivity index (χ1v) is 23.4. The lowest BCUT2D eigenvalue weighted by Gasteiger charge is -2.37. The van der Waals surface area contributed by atoms with Gasteiger partial charge in [-0.3, -0.25) is 19.2 Å². The van der Waals surface area contributed by atoms with E-state index in [2.05, 4.69) is 69.9 Å². The number of amides is 3. The summed E-state index contributed by atoms with van der Waals surface area (Å²) in [6.45, 7) is 16.1. The average molecular weight is 870 g/mol. The smallest absolute Gasteiger partial charge is 0.304 e. The number of hydrogen-bond acceptors (Lipinski definition) is 10. The molecule has 0 saturated carbocycles. The van der Waals surface area contributed by atoms with Gasteiger partial charge in [0.2, 0.25) is 17.7 Å². The van der Waals surface area contributed by atoms with Gasteiger partial charge in [0.25, 0.3) is 0 Å². The molecule has 2 saturated heterocycles. The SMILES string of the molecule is Cc1cc(C)n(-c2cc([C@H](CC(=O)O)CN3CC[C@@H](CCc4ccc5c(n4)NCCC5)C3)cc(N3CCN(C(=O)CCCC(=O)NCCCNC(=O)CCOCC(C)C)CC3)c2)n1. The molecule has 6 rings (SSSR count). The number of aromatic nitrogens is 3. The van der Waals surface area contributed by atoms with Crippen molar-refractivity contribution in [1.82, 2.24) is 35.2 Å². The Bertz CT molecular complexity index is 1990. The summed E-state index contributed by atoms with van der Waals surface area (Å²) in [6, 6.07) is 12.8. The van der Waals surface area contributed by atoms with Crippen LogP contribution >= 0.6 is 0 Å². The van der Waals surface area contributed by atoms with Crippen molar-refractivity contribution in [2.75, 3.05) is 88.9 Å². The van der Waals surface area contributed by atoms with E-state index in [1.165, 1.54) is 5.56 Å². The monoisotopic (exact) mass is 870 g/mol. The number of aryl methyl sites for hydroxylation is 4. The van der Waals surface area contributed by atoms with E-state index in [1.54, 1.807) is 0 Å². The van der Waals surface area contributed by atoms with Gasteiger partial charge in [-0.05, 0) is 119 Å². The molecule has 344 valence electrons. The largest absolute Gasteiger partial charge is 0.481 e. The number of pyridine rings is 1. The number of likely N-dealkylation sites (tertiary alicyclic amines) is 1. The third-order valence-electron chi connectivity index (χ3n) is 12.4. The van der Waals surface area contributed by atoms with Crippen molar-refractivity contribution in [2.24, 2.45) is 11.8 Å². The number of aliphatic carboxylic acids is 1. The minimum Gasteiger partial charge on any atom is -0.481 e. The zero-order valence-electron chi connectivity index (χ0n) is 38.1. The second-order valence-electron chi connectivity index (χ2n) is 18.2. The van der Waals surface area contributed by atoms with Crippen LogP contribution in [0, 0.1) is 25.7 Å². The van der Waals surface area contributed by atoms with Crippen LogP contribution in [0.25, 0.3) is 5.69 Å². The highest BCUT2D eigenvalue weighted by Gasteiger charge is 2.29. The van der Waals surface area contributed by atoms with Crippen molar-refractivity contribution in [3.8, 4) is 5.69 Å². The van der Waals surface area contributed by atoms with Gasteiger partial charge in [-0.1, -0.05) is 19.9 Å². The number of nitrogens with zero attached hydrogens (tertiary/aromatic N) is 6. The van der Waals surface area contributed by atoms with Crippen LogP contribution < -0.4 is 20.9 Å². The predicted octanol–water partition coefficient (Wildman–Crippen LogP) is 5.26. The van der Waals surface area contributed by atoms with E-state index in [9.17, 15) is 24.3 Å². The number of nitrogens with one attached hydrogen (secondary N) is 3. The Morgan fingerprint density at radius 1 is 0.921 bits per heavy atom. The summed E-state index contributed by atoms with van der Waals surface area (Å²) in [5.41, 5.74) is 7.24. The van der Waals surface area contributed by atoms with Crippen molar-refractivity contribution in [1.29, 1.82) is 0 Å². The standard InChI is InChI=1S/C48H71N9O6/c1-34(2)33-63-25-16-45(59)50-19-7-18-49-44(58)9-5-10-46(60)56-23-21-55(22-24-56)42-27-39(28-43(30-42)57-36(4)26-35(3)53-57)40(29-47(61)62)32-54-20-15-37(31-54)11-13-41-14-12-38-8-6-17-51-48(38)52-41/h12,14,26-28,30,34,37,40H,5-11,13,15-25,29,31-33H2,1-4H3,(H,49,58)(H,50,59)(H,51,52)(H,61,62)/t37-,40-/m1/s1. The van der Waals surface area contributed by atoms with E-state index in [-0.39, 0.29) is 36.5 Å².